The van der Waals surface area contributed by atoms with Gasteiger partial charge in [0.25, 0.3) is 0 Å². The van der Waals surface area contributed by atoms with E-state index < -0.39 is 0 Å². The van der Waals surface area contributed by atoms with Gasteiger partial charge in [-0.2, -0.15) is 12.6 Å². The molecule has 0 saturated carbocycles. The number of thiazole rings is 1. The molecule has 0 N–H and O–H groups in total. The molecular weight excluding hydrogens is 310 g/mol. The summed E-state index contributed by atoms with van der Waals surface area (Å²) in [6, 6.07) is 4.19. The summed E-state index contributed by atoms with van der Waals surface area (Å²) in [6.45, 7) is 3.84. The third-order valence-corrected chi connectivity index (χ3v) is 4.91. The van der Waals surface area contributed by atoms with Gasteiger partial charge in [0, 0.05) is 17.2 Å². The Bertz CT molecular complexity index is 720. The first-order valence-corrected chi connectivity index (χ1v) is 8.71. The lowest BCUT2D eigenvalue weighted by atomic mass is 10.2. The molecule has 6 heteroatoms. The fourth-order valence-electron chi connectivity index (χ4n) is 2.08. The van der Waals surface area contributed by atoms with Gasteiger partial charge < -0.3 is 9.47 Å². The maximum atomic E-state index is 5.88. The van der Waals surface area contributed by atoms with Crippen LogP contribution in [0.1, 0.15) is 5.01 Å². The van der Waals surface area contributed by atoms with Crippen molar-refractivity contribution >= 4 is 55.6 Å². The van der Waals surface area contributed by atoms with E-state index in [1.165, 1.54) is 9.40 Å². The highest BCUT2D eigenvalue weighted by atomic mass is 32.1. The lowest BCUT2D eigenvalue weighted by molar-refractivity contribution is 0.113. The molecule has 106 valence electrons. The molecule has 2 aromatic heterocycles. The first-order chi connectivity index (χ1) is 9.79. The van der Waals surface area contributed by atoms with E-state index in [9.17, 15) is 0 Å². The van der Waals surface area contributed by atoms with Crippen molar-refractivity contribution in [3.05, 3.63) is 22.5 Å². The maximum Gasteiger partial charge on any atom is 0.129 e. The molecule has 0 bridgehead atoms. The number of ether oxygens (including phenoxy) is 2. The molecule has 0 radical (unpaired) electrons. The first-order valence-electron chi connectivity index (χ1n) is 6.38. The van der Waals surface area contributed by atoms with E-state index in [1.807, 2.05) is 6.92 Å². The topological polar surface area (TPSA) is 31.4 Å². The minimum absolute atomic E-state index is 0.558. The summed E-state index contributed by atoms with van der Waals surface area (Å²) in [5.74, 6) is 1.66. The van der Waals surface area contributed by atoms with E-state index in [-0.39, 0.29) is 0 Å². The van der Waals surface area contributed by atoms with Crippen LogP contribution in [0.3, 0.4) is 0 Å². The third-order valence-electron chi connectivity index (χ3n) is 2.89. The number of thiol groups is 1. The van der Waals surface area contributed by atoms with Crippen LogP contribution in [-0.2, 0) is 4.74 Å². The van der Waals surface area contributed by atoms with Gasteiger partial charge in [-0.1, -0.05) is 0 Å². The maximum absolute atomic E-state index is 5.88. The zero-order valence-corrected chi connectivity index (χ0v) is 13.6. The number of fused-ring (bicyclic) bond motifs is 3. The van der Waals surface area contributed by atoms with E-state index in [0.717, 1.165) is 27.4 Å². The summed E-state index contributed by atoms with van der Waals surface area (Å²) in [5, 5.41) is 4.31. The van der Waals surface area contributed by atoms with Crippen molar-refractivity contribution in [2.75, 3.05) is 25.6 Å². The van der Waals surface area contributed by atoms with Gasteiger partial charge in [-0.25, -0.2) is 4.98 Å². The summed E-state index contributed by atoms with van der Waals surface area (Å²) in [4.78, 5) is 4.62. The number of nitrogens with zero attached hydrogens (tertiary/aromatic N) is 1. The van der Waals surface area contributed by atoms with Crippen molar-refractivity contribution in [2.45, 2.75) is 6.92 Å². The summed E-state index contributed by atoms with van der Waals surface area (Å²) in [6.07, 6.45) is 0. The molecule has 0 amide bonds. The second kappa shape index (κ2) is 6.30. The van der Waals surface area contributed by atoms with Crippen LogP contribution in [0.4, 0.5) is 0 Å². The Morgan fingerprint density at radius 3 is 3.05 bits per heavy atom. The molecule has 0 aliphatic carbocycles. The molecule has 0 fully saturated rings. The van der Waals surface area contributed by atoms with Crippen molar-refractivity contribution in [1.29, 1.82) is 0 Å². The average Bonchev–Trinajstić information content (AvgIpc) is 3.03. The molecule has 0 unspecified atom stereocenters. The largest absolute Gasteiger partial charge is 0.490 e. The molecule has 2 heterocycles. The number of hydrogen-bond donors (Lipinski definition) is 1. The minimum atomic E-state index is 0.558. The molecule has 0 aliphatic heterocycles. The van der Waals surface area contributed by atoms with Crippen LogP contribution in [-0.4, -0.2) is 30.6 Å². The monoisotopic (exact) mass is 325 g/mol. The van der Waals surface area contributed by atoms with Crippen LogP contribution in [0, 0.1) is 6.92 Å². The summed E-state index contributed by atoms with van der Waals surface area (Å²) in [7, 11) is 0. The lowest BCUT2D eigenvalue weighted by Gasteiger charge is -2.08. The van der Waals surface area contributed by atoms with Gasteiger partial charge in [0.05, 0.1) is 33.1 Å². The highest BCUT2D eigenvalue weighted by Gasteiger charge is 2.12. The van der Waals surface area contributed by atoms with Crippen LogP contribution in [0.25, 0.3) is 20.3 Å². The smallest absolute Gasteiger partial charge is 0.129 e. The predicted molar refractivity (Wildman–Crippen MR) is 89.9 cm³/mol. The SMILES string of the molecule is Cc1nc2c(cc(OCCOCCS)c3ccsc32)s1. The van der Waals surface area contributed by atoms with Gasteiger partial charge in [-0.3, -0.25) is 0 Å². The van der Waals surface area contributed by atoms with Crippen LogP contribution in [0.2, 0.25) is 0 Å². The number of aromatic nitrogens is 1. The summed E-state index contributed by atoms with van der Waals surface area (Å²) < 4.78 is 13.6. The van der Waals surface area contributed by atoms with Gasteiger partial charge >= 0.3 is 0 Å². The van der Waals surface area contributed by atoms with Gasteiger partial charge in [-0.15, -0.1) is 22.7 Å². The first kappa shape index (κ1) is 14.1. The molecule has 1 aromatic carbocycles. The molecule has 3 aromatic rings. The Morgan fingerprint density at radius 2 is 2.20 bits per heavy atom. The van der Waals surface area contributed by atoms with Crippen molar-refractivity contribution in [3.63, 3.8) is 0 Å². The standard InChI is InChI=1S/C14H15NO2S3/c1-9-15-13-12(20-9)8-11(10-2-7-19-14(10)13)17-4-3-16-5-6-18/h2,7-8,18H,3-6H2,1H3. The normalized spacial score (nSPS) is 11.5. The molecule has 3 nitrogen and oxygen atoms in total. The fourth-order valence-corrected chi connectivity index (χ4v) is 4.05. The average molecular weight is 325 g/mol. The van der Waals surface area contributed by atoms with E-state index in [1.54, 1.807) is 22.7 Å². The second-order valence-corrected chi connectivity index (χ2v) is 6.90. The van der Waals surface area contributed by atoms with Gasteiger partial charge in [0.15, 0.2) is 0 Å². The fraction of sp³-hybridized carbons (Fsp3) is 0.357. The Balaban J connectivity index is 1.86. The predicted octanol–water partition coefficient (Wildman–Crippen LogP) is 4.14. The zero-order valence-electron chi connectivity index (χ0n) is 11.1. The number of benzene rings is 1. The van der Waals surface area contributed by atoms with E-state index in [0.29, 0.717) is 19.8 Å². The quantitative estimate of drug-likeness (QED) is 0.546. The molecular formula is C14H15NO2S3. The molecule has 0 atom stereocenters. The molecule has 20 heavy (non-hydrogen) atoms. The zero-order chi connectivity index (χ0) is 13.9. The number of thiophene rings is 1. The van der Waals surface area contributed by atoms with Crippen LogP contribution < -0.4 is 4.74 Å². The Labute approximate surface area is 131 Å². The van der Waals surface area contributed by atoms with Crippen LogP contribution in [0.15, 0.2) is 17.5 Å². The Morgan fingerprint density at radius 1 is 1.30 bits per heavy atom. The highest BCUT2D eigenvalue weighted by Crippen LogP contribution is 2.38. The van der Waals surface area contributed by atoms with E-state index >= 15 is 0 Å². The van der Waals surface area contributed by atoms with E-state index in [2.05, 4.69) is 35.1 Å². The van der Waals surface area contributed by atoms with Crippen LogP contribution >= 0.6 is 35.3 Å². The van der Waals surface area contributed by atoms with E-state index in [4.69, 9.17) is 9.47 Å². The Hall–Kier alpha value is -0.820. The molecule has 0 aliphatic rings. The van der Waals surface area contributed by atoms with Gasteiger partial charge in [0.2, 0.25) is 0 Å². The minimum Gasteiger partial charge on any atom is -0.490 e. The molecule has 0 saturated heterocycles. The van der Waals surface area contributed by atoms with Crippen molar-refractivity contribution < 1.29 is 9.47 Å². The second-order valence-electron chi connectivity index (χ2n) is 4.30. The molecule has 3 rings (SSSR count). The lowest BCUT2D eigenvalue weighted by Crippen LogP contribution is -2.08. The third kappa shape index (κ3) is 2.79. The van der Waals surface area contributed by atoms with Crippen molar-refractivity contribution in [2.24, 2.45) is 0 Å². The Kier molecular flexibility index (Phi) is 4.45. The van der Waals surface area contributed by atoms with Crippen LogP contribution in [0.5, 0.6) is 5.75 Å². The van der Waals surface area contributed by atoms with Crippen molar-refractivity contribution in [3.8, 4) is 5.75 Å². The summed E-state index contributed by atoms with van der Waals surface area (Å²) in [5.41, 5.74) is 1.09. The number of rotatable bonds is 6. The van der Waals surface area contributed by atoms with Gasteiger partial charge in [-0.05, 0) is 18.4 Å². The highest BCUT2D eigenvalue weighted by molar-refractivity contribution is 7.80. The molecule has 0 spiro atoms. The van der Waals surface area contributed by atoms with Crippen molar-refractivity contribution in [1.82, 2.24) is 4.98 Å². The number of aryl methyl sites for hydroxylation is 1. The van der Waals surface area contributed by atoms with Gasteiger partial charge in [0.1, 0.15) is 12.4 Å². The number of hydrogen-bond acceptors (Lipinski definition) is 6. The summed E-state index contributed by atoms with van der Waals surface area (Å²) >= 11 is 7.53.